The van der Waals surface area contributed by atoms with Crippen LogP contribution in [0, 0.1) is 11.3 Å². The molecular weight excluding hydrogens is 216 g/mol. The van der Waals surface area contributed by atoms with Crippen LogP contribution in [0.2, 0.25) is 0 Å². The summed E-state index contributed by atoms with van der Waals surface area (Å²) in [6, 6.07) is 11.4. The topological polar surface area (TPSA) is 68.3 Å². The molecule has 92 valence electrons. The molecule has 0 saturated heterocycles. The van der Waals surface area contributed by atoms with E-state index < -0.39 is 5.54 Å². The number of benzene rings is 1. The van der Waals surface area contributed by atoms with Crippen molar-refractivity contribution in [2.24, 2.45) is 5.73 Å². The van der Waals surface area contributed by atoms with E-state index in [-0.39, 0.29) is 6.61 Å². The molecule has 0 aliphatic rings. The van der Waals surface area contributed by atoms with Crippen LogP contribution >= 0.6 is 0 Å². The van der Waals surface area contributed by atoms with Crippen molar-refractivity contribution >= 4 is 0 Å². The molecule has 1 aromatic rings. The molecule has 1 rings (SSSR count). The van der Waals surface area contributed by atoms with Crippen LogP contribution in [0.15, 0.2) is 30.3 Å². The number of nitriles is 1. The highest BCUT2D eigenvalue weighted by Crippen LogP contribution is 2.17. The van der Waals surface area contributed by atoms with Gasteiger partial charge < -0.3 is 15.2 Å². The van der Waals surface area contributed by atoms with E-state index in [1.54, 1.807) is 0 Å². The zero-order valence-electron chi connectivity index (χ0n) is 10.1. The molecule has 0 radical (unpaired) electrons. The highest BCUT2D eigenvalue weighted by atomic mass is 16.5. The zero-order valence-corrected chi connectivity index (χ0v) is 10.1. The Morgan fingerprint density at radius 2 is 1.88 bits per heavy atom. The Morgan fingerprint density at radius 3 is 2.47 bits per heavy atom. The Bertz CT molecular complexity index is 361. The molecule has 0 spiro atoms. The fourth-order valence-electron chi connectivity index (χ4n) is 1.41. The van der Waals surface area contributed by atoms with E-state index in [4.69, 9.17) is 20.5 Å². The minimum Gasteiger partial charge on any atom is -0.379 e. The molecule has 0 saturated carbocycles. The second kappa shape index (κ2) is 7.02. The number of rotatable bonds is 7. The molecule has 1 atom stereocenters. The third-order valence-electron chi connectivity index (χ3n) is 2.39. The van der Waals surface area contributed by atoms with Crippen molar-refractivity contribution in [3.63, 3.8) is 0 Å². The zero-order chi connectivity index (χ0) is 12.6. The van der Waals surface area contributed by atoms with Crippen molar-refractivity contribution in [3.8, 4) is 6.07 Å². The van der Waals surface area contributed by atoms with Crippen LogP contribution in [0.1, 0.15) is 12.5 Å². The largest absolute Gasteiger partial charge is 0.379 e. The van der Waals surface area contributed by atoms with Gasteiger partial charge in [-0.25, -0.2) is 0 Å². The smallest absolute Gasteiger partial charge is 0.153 e. The SMILES string of the molecule is CCOCCOCC(N)(C#N)c1ccccc1. The van der Waals surface area contributed by atoms with E-state index >= 15 is 0 Å². The first-order valence-electron chi connectivity index (χ1n) is 5.64. The van der Waals surface area contributed by atoms with E-state index in [2.05, 4.69) is 6.07 Å². The van der Waals surface area contributed by atoms with Gasteiger partial charge in [0.05, 0.1) is 25.9 Å². The Morgan fingerprint density at radius 1 is 1.24 bits per heavy atom. The molecule has 1 aromatic carbocycles. The van der Waals surface area contributed by atoms with Crippen molar-refractivity contribution in [2.45, 2.75) is 12.5 Å². The summed E-state index contributed by atoms with van der Waals surface area (Å²) in [7, 11) is 0. The number of ether oxygens (including phenoxy) is 2. The predicted octanol–water partition coefficient (Wildman–Crippen LogP) is 1.42. The maximum atomic E-state index is 9.16. The average molecular weight is 234 g/mol. The van der Waals surface area contributed by atoms with Crippen LogP contribution in [-0.2, 0) is 15.0 Å². The number of hydrogen-bond donors (Lipinski definition) is 1. The van der Waals surface area contributed by atoms with Gasteiger partial charge in [-0.3, -0.25) is 0 Å². The van der Waals surface area contributed by atoms with Gasteiger partial charge in [0, 0.05) is 6.61 Å². The molecule has 0 aliphatic heterocycles. The van der Waals surface area contributed by atoms with Gasteiger partial charge in [0.15, 0.2) is 5.54 Å². The van der Waals surface area contributed by atoms with Crippen LogP contribution in [-0.4, -0.2) is 26.4 Å². The second-order valence-corrected chi connectivity index (χ2v) is 3.70. The van der Waals surface area contributed by atoms with Gasteiger partial charge in [-0.15, -0.1) is 0 Å². The van der Waals surface area contributed by atoms with Gasteiger partial charge in [-0.1, -0.05) is 30.3 Å². The molecule has 0 heterocycles. The van der Waals surface area contributed by atoms with Gasteiger partial charge in [0.1, 0.15) is 0 Å². The number of nitrogens with two attached hydrogens (primary N) is 1. The summed E-state index contributed by atoms with van der Waals surface area (Å²) in [6.45, 7) is 3.72. The lowest BCUT2D eigenvalue weighted by Gasteiger charge is -2.21. The summed E-state index contributed by atoms with van der Waals surface area (Å²) < 4.78 is 10.5. The van der Waals surface area contributed by atoms with Crippen molar-refractivity contribution in [3.05, 3.63) is 35.9 Å². The first-order valence-corrected chi connectivity index (χ1v) is 5.64. The van der Waals surface area contributed by atoms with Crippen molar-refractivity contribution in [1.29, 1.82) is 5.26 Å². The highest BCUT2D eigenvalue weighted by molar-refractivity contribution is 5.30. The van der Waals surface area contributed by atoms with E-state index in [9.17, 15) is 0 Å². The fraction of sp³-hybridized carbons (Fsp3) is 0.462. The molecule has 2 N–H and O–H groups in total. The number of nitrogens with zero attached hydrogens (tertiary/aromatic N) is 1. The maximum Gasteiger partial charge on any atom is 0.153 e. The van der Waals surface area contributed by atoms with Gasteiger partial charge in [-0.05, 0) is 12.5 Å². The molecule has 17 heavy (non-hydrogen) atoms. The van der Waals surface area contributed by atoms with E-state index in [0.717, 1.165) is 5.56 Å². The van der Waals surface area contributed by atoms with Gasteiger partial charge in [0.2, 0.25) is 0 Å². The van der Waals surface area contributed by atoms with Crippen molar-refractivity contribution in [2.75, 3.05) is 26.4 Å². The van der Waals surface area contributed by atoms with Crippen LogP contribution in [0.5, 0.6) is 0 Å². The van der Waals surface area contributed by atoms with Gasteiger partial charge in [0.25, 0.3) is 0 Å². The van der Waals surface area contributed by atoms with Crippen LogP contribution in [0.4, 0.5) is 0 Å². The molecule has 0 aliphatic carbocycles. The molecule has 0 aromatic heterocycles. The third-order valence-corrected chi connectivity index (χ3v) is 2.39. The average Bonchev–Trinajstić information content (AvgIpc) is 2.39. The Hall–Kier alpha value is -1.41. The van der Waals surface area contributed by atoms with Crippen LogP contribution in [0.3, 0.4) is 0 Å². The number of hydrogen-bond acceptors (Lipinski definition) is 4. The van der Waals surface area contributed by atoms with E-state index in [0.29, 0.717) is 19.8 Å². The second-order valence-electron chi connectivity index (χ2n) is 3.70. The summed E-state index contributed by atoms with van der Waals surface area (Å²) in [5, 5.41) is 9.16. The Labute approximate surface area is 102 Å². The van der Waals surface area contributed by atoms with Crippen molar-refractivity contribution in [1.82, 2.24) is 0 Å². The Kier molecular flexibility index (Phi) is 5.64. The standard InChI is InChI=1S/C13H18N2O2/c1-2-16-8-9-17-11-13(15,10-14)12-6-4-3-5-7-12/h3-7H,2,8-9,11,15H2,1H3. The first-order chi connectivity index (χ1) is 8.23. The minimum atomic E-state index is -1.09. The first kappa shape index (κ1) is 13.7. The summed E-state index contributed by atoms with van der Waals surface area (Å²) in [5.41, 5.74) is 5.68. The molecule has 0 amide bonds. The normalized spacial score (nSPS) is 13.9. The van der Waals surface area contributed by atoms with Gasteiger partial charge in [-0.2, -0.15) is 5.26 Å². The molecule has 1 unspecified atom stereocenters. The van der Waals surface area contributed by atoms with Gasteiger partial charge >= 0.3 is 0 Å². The lowest BCUT2D eigenvalue weighted by Crippen LogP contribution is -2.40. The fourth-order valence-corrected chi connectivity index (χ4v) is 1.41. The molecule has 0 fully saturated rings. The third kappa shape index (κ3) is 4.16. The van der Waals surface area contributed by atoms with E-state index in [1.165, 1.54) is 0 Å². The van der Waals surface area contributed by atoms with Crippen LogP contribution < -0.4 is 5.73 Å². The quantitative estimate of drug-likeness (QED) is 0.724. The summed E-state index contributed by atoms with van der Waals surface area (Å²) in [4.78, 5) is 0. The molecule has 4 heteroatoms. The Balaban J connectivity index is 2.50. The molecule has 4 nitrogen and oxygen atoms in total. The van der Waals surface area contributed by atoms with E-state index in [1.807, 2.05) is 37.3 Å². The predicted molar refractivity (Wildman–Crippen MR) is 65.2 cm³/mol. The summed E-state index contributed by atoms with van der Waals surface area (Å²) in [5.74, 6) is 0. The lowest BCUT2D eigenvalue weighted by molar-refractivity contribution is 0.0387. The maximum absolute atomic E-state index is 9.16. The van der Waals surface area contributed by atoms with Crippen molar-refractivity contribution < 1.29 is 9.47 Å². The highest BCUT2D eigenvalue weighted by Gasteiger charge is 2.27. The molecular formula is C13H18N2O2. The summed E-state index contributed by atoms with van der Waals surface area (Å²) in [6.07, 6.45) is 0. The van der Waals surface area contributed by atoms with Crippen LogP contribution in [0.25, 0.3) is 0 Å². The lowest BCUT2D eigenvalue weighted by atomic mass is 9.94. The molecule has 0 bridgehead atoms. The minimum absolute atomic E-state index is 0.167. The summed E-state index contributed by atoms with van der Waals surface area (Å²) >= 11 is 0. The monoisotopic (exact) mass is 234 g/mol.